The number of fused-ring (bicyclic) bond motifs is 1. The lowest BCUT2D eigenvalue weighted by molar-refractivity contribution is -0.141. The fourth-order valence-electron chi connectivity index (χ4n) is 6.01. The Morgan fingerprint density at radius 1 is 1.02 bits per heavy atom. The van der Waals surface area contributed by atoms with E-state index in [4.69, 9.17) is 4.42 Å². The van der Waals surface area contributed by atoms with E-state index < -0.39 is 23.5 Å². The zero-order chi connectivity index (χ0) is 29.6. The van der Waals surface area contributed by atoms with E-state index in [1.807, 2.05) is 35.8 Å². The third-order valence-corrected chi connectivity index (χ3v) is 8.17. The van der Waals surface area contributed by atoms with Crippen molar-refractivity contribution in [3.63, 3.8) is 0 Å². The third-order valence-electron chi connectivity index (χ3n) is 8.17. The normalized spacial score (nSPS) is 18.5. The number of imidazole rings is 1. The minimum absolute atomic E-state index is 0.0362. The van der Waals surface area contributed by atoms with E-state index in [1.165, 1.54) is 6.20 Å². The molecule has 0 saturated carbocycles. The Bertz CT molecular complexity index is 1650. The number of carbonyl (C=O) groups is 1. The fraction of sp³-hybridized carbons (Fsp3) is 0.448. The maximum absolute atomic E-state index is 13.7. The van der Waals surface area contributed by atoms with Crippen LogP contribution in [0.3, 0.4) is 0 Å². The van der Waals surface area contributed by atoms with Gasteiger partial charge in [-0.1, -0.05) is 19.1 Å². The first-order chi connectivity index (χ1) is 20.1. The van der Waals surface area contributed by atoms with Crippen molar-refractivity contribution < 1.29 is 22.4 Å². The number of hydrogen-bond acceptors (Lipinski definition) is 7. The van der Waals surface area contributed by atoms with Gasteiger partial charge in [0, 0.05) is 39.3 Å². The molecule has 0 bridgehead atoms. The number of nitrogens with zero attached hydrogens (tertiary/aromatic N) is 6. The molecule has 1 atom stereocenters. The number of piperidine rings is 2. The van der Waals surface area contributed by atoms with E-state index in [0.717, 1.165) is 36.7 Å². The molecule has 5 heterocycles. The largest absolute Gasteiger partial charge is 0.437 e. The molecule has 2 fully saturated rings. The third kappa shape index (κ3) is 5.23. The highest BCUT2D eigenvalue weighted by atomic mass is 19.4. The molecule has 10 nitrogen and oxygen atoms in total. The second-order valence-corrected chi connectivity index (χ2v) is 11.1. The van der Waals surface area contributed by atoms with Gasteiger partial charge in [0.1, 0.15) is 5.82 Å². The molecule has 0 aliphatic carbocycles. The molecule has 3 aromatic heterocycles. The average Bonchev–Trinajstić information content (AvgIpc) is 3.54. The molecular weight excluding hydrogens is 551 g/mol. The van der Waals surface area contributed by atoms with Crippen LogP contribution in [0.1, 0.15) is 54.9 Å². The predicted octanol–water partition coefficient (Wildman–Crippen LogP) is 5.07. The van der Waals surface area contributed by atoms with E-state index >= 15 is 0 Å². The average molecular weight is 584 g/mol. The highest BCUT2D eigenvalue weighted by molar-refractivity contribution is 6.03. The Balaban J connectivity index is 1.13. The van der Waals surface area contributed by atoms with Gasteiger partial charge >= 0.3 is 11.9 Å². The first kappa shape index (κ1) is 27.9. The molecule has 1 unspecified atom stereocenters. The van der Waals surface area contributed by atoms with E-state index in [1.54, 1.807) is 28.6 Å². The van der Waals surface area contributed by atoms with Crippen LogP contribution in [0.15, 0.2) is 51.8 Å². The lowest BCUT2D eigenvalue weighted by Crippen LogP contribution is -2.38. The molecule has 2 aliphatic heterocycles. The van der Waals surface area contributed by atoms with Gasteiger partial charge in [-0.2, -0.15) is 18.2 Å². The Hall–Kier alpha value is -4.29. The molecular formula is C29H32F3N7O3. The molecule has 222 valence electrons. The van der Waals surface area contributed by atoms with Gasteiger partial charge in [-0.15, -0.1) is 0 Å². The monoisotopic (exact) mass is 583 g/mol. The summed E-state index contributed by atoms with van der Waals surface area (Å²) in [5, 5.41) is 2.47. The van der Waals surface area contributed by atoms with E-state index in [2.05, 4.69) is 20.2 Å². The quantitative estimate of drug-likeness (QED) is 0.350. The summed E-state index contributed by atoms with van der Waals surface area (Å²) < 4.78 is 50.2. The summed E-state index contributed by atoms with van der Waals surface area (Å²) >= 11 is 0. The topological polar surface area (TPSA) is 101 Å². The van der Waals surface area contributed by atoms with Crippen LogP contribution in [0, 0.1) is 5.92 Å². The van der Waals surface area contributed by atoms with Gasteiger partial charge in [0.25, 0.3) is 11.9 Å². The number of nitrogens with one attached hydrogen (secondary N) is 1. The molecule has 1 aromatic carbocycles. The summed E-state index contributed by atoms with van der Waals surface area (Å²) in [4.78, 5) is 37.6. The van der Waals surface area contributed by atoms with Gasteiger partial charge in [-0.05, 0) is 55.9 Å². The smallest absolute Gasteiger partial charge is 0.417 e. The summed E-state index contributed by atoms with van der Waals surface area (Å²) in [6.45, 7) is 4.39. The number of alkyl halides is 3. The predicted molar refractivity (Wildman–Crippen MR) is 152 cm³/mol. The van der Waals surface area contributed by atoms with Crippen molar-refractivity contribution in [3.05, 3.63) is 64.5 Å². The standard InChI is InChI=1S/C29H32F3N7O3/c1-18-6-5-13-38(17-18)27-35-25(29(30,31)32)24(42-27)26(40)34-19-9-10-23(33-16-19)37-14-11-20(12-15-37)39-22-8-4-3-7-21(22)36(2)28(39)41/h3-4,7-10,16,18,20H,5-6,11-15,17H2,1-2H3,(H,34,40). The van der Waals surface area contributed by atoms with Crippen molar-refractivity contribution in [2.45, 2.75) is 44.8 Å². The van der Waals surface area contributed by atoms with Gasteiger partial charge in [-0.25, -0.2) is 9.78 Å². The maximum Gasteiger partial charge on any atom is 0.437 e. The van der Waals surface area contributed by atoms with Crippen molar-refractivity contribution in [2.24, 2.45) is 13.0 Å². The fourth-order valence-corrected chi connectivity index (χ4v) is 6.01. The zero-order valence-electron chi connectivity index (χ0n) is 23.4. The highest BCUT2D eigenvalue weighted by Crippen LogP contribution is 2.35. The number of hydrogen-bond donors (Lipinski definition) is 1. The van der Waals surface area contributed by atoms with Crippen molar-refractivity contribution in [3.8, 4) is 0 Å². The number of pyridine rings is 1. The zero-order valence-corrected chi connectivity index (χ0v) is 23.4. The number of halogens is 3. The molecule has 13 heteroatoms. The number of benzene rings is 1. The number of carbonyl (C=O) groups excluding carboxylic acids is 1. The lowest BCUT2D eigenvalue weighted by atomic mass is 10.0. The Labute approximate surface area is 239 Å². The minimum Gasteiger partial charge on any atom is -0.417 e. The Kier molecular flexibility index (Phi) is 7.19. The van der Waals surface area contributed by atoms with Gasteiger partial charge < -0.3 is 19.5 Å². The van der Waals surface area contributed by atoms with Gasteiger partial charge in [0.15, 0.2) is 5.69 Å². The van der Waals surface area contributed by atoms with Crippen molar-refractivity contribution in [2.75, 3.05) is 41.3 Å². The van der Waals surface area contributed by atoms with Crippen LogP contribution in [-0.4, -0.2) is 51.2 Å². The Morgan fingerprint density at radius 2 is 1.76 bits per heavy atom. The van der Waals surface area contributed by atoms with Crippen LogP contribution < -0.4 is 20.8 Å². The molecule has 1 amide bonds. The van der Waals surface area contributed by atoms with Gasteiger partial charge in [0.05, 0.1) is 22.9 Å². The van der Waals surface area contributed by atoms with Crippen LogP contribution in [0.25, 0.3) is 11.0 Å². The molecule has 42 heavy (non-hydrogen) atoms. The van der Waals surface area contributed by atoms with Crippen molar-refractivity contribution >= 4 is 34.5 Å². The number of aryl methyl sites for hydroxylation is 1. The van der Waals surface area contributed by atoms with E-state index in [-0.39, 0.29) is 29.4 Å². The molecule has 2 aliphatic rings. The number of rotatable bonds is 5. The number of amides is 1. The summed E-state index contributed by atoms with van der Waals surface area (Å²) in [7, 11) is 1.78. The van der Waals surface area contributed by atoms with Gasteiger partial charge in [-0.3, -0.25) is 13.9 Å². The molecule has 4 aromatic rings. The van der Waals surface area contributed by atoms with Crippen LogP contribution in [-0.2, 0) is 13.2 Å². The molecule has 0 radical (unpaired) electrons. The van der Waals surface area contributed by atoms with Crippen LogP contribution in [0.2, 0.25) is 0 Å². The summed E-state index contributed by atoms with van der Waals surface area (Å²) in [5.41, 5.74) is 0.671. The minimum atomic E-state index is -4.85. The maximum atomic E-state index is 13.7. The van der Waals surface area contributed by atoms with Crippen LogP contribution in [0.5, 0.6) is 0 Å². The summed E-state index contributed by atoms with van der Waals surface area (Å²) in [6, 6.07) is 10.9. The summed E-state index contributed by atoms with van der Waals surface area (Å²) in [6.07, 6.45) is -0.159. The number of para-hydroxylation sites is 2. The number of aromatic nitrogens is 4. The highest BCUT2D eigenvalue weighted by Gasteiger charge is 2.42. The molecule has 1 N–H and O–H groups in total. The second-order valence-electron chi connectivity index (χ2n) is 11.1. The number of oxazole rings is 1. The first-order valence-electron chi connectivity index (χ1n) is 14.1. The Morgan fingerprint density at radius 3 is 2.43 bits per heavy atom. The van der Waals surface area contributed by atoms with Crippen LogP contribution in [0.4, 0.5) is 30.7 Å². The van der Waals surface area contributed by atoms with Crippen molar-refractivity contribution in [1.29, 1.82) is 0 Å². The lowest BCUT2D eigenvalue weighted by Gasteiger charge is -2.33. The molecule has 2 saturated heterocycles. The molecule has 6 rings (SSSR count). The second kappa shape index (κ2) is 10.8. The van der Waals surface area contributed by atoms with Crippen molar-refractivity contribution in [1.82, 2.24) is 19.1 Å². The van der Waals surface area contributed by atoms with E-state index in [9.17, 15) is 22.8 Å². The number of anilines is 3. The van der Waals surface area contributed by atoms with Crippen LogP contribution >= 0.6 is 0 Å². The van der Waals surface area contributed by atoms with E-state index in [0.29, 0.717) is 32.0 Å². The van der Waals surface area contributed by atoms with Gasteiger partial charge in [0.2, 0.25) is 5.76 Å². The summed E-state index contributed by atoms with van der Waals surface area (Å²) in [5.74, 6) is -0.949. The SMILES string of the molecule is CC1CCCN(c2nc(C(F)(F)F)c(C(=O)Nc3ccc(N4CCC(n5c(=O)n(C)c6ccccc65)CC4)nc3)o2)C1. The first-order valence-corrected chi connectivity index (χ1v) is 14.1. The molecule has 0 spiro atoms.